The molecule has 0 radical (unpaired) electrons. The van der Waals surface area contributed by atoms with E-state index in [1.165, 1.54) is 0 Å². The normalized spacial score (nSPS) is 10.4. The molecule has 1 heterocycles. The number of carbonyl (C=O) groups excluding carboxylic acids is 3. The molecule has 0 amide bonds. The number of hydrogen-bond donors (Lipinski definition) is 1. The summed E-state index contributed by atoms with van der Waals surface area (Å²) in [5.41, 5.74) is 2.47. The van der Waals surface area contributed by atoms with Crippen LogP contribution in [0.25, 0.3) is 0 Å². The zero-order chi connectivity index (χ0) is 22.3. The van der Waals surface area contributed by atoms with E-state index in [1.54, 1.807) is 47.1 Å². The number of esters is 2. The molecule has 8 heteroatoms. The van der Waals surface area contributed by atoms with Crippen LogP contribution in [0.15, 0.2) is 18.2 Å². The molecular weight excluding hydrogens is 390 g/mol. The summed E-state index contributed by atoms with van der Waals surface area (Å²) in [5.74, 6) is -0.210. The zero-order valence-corrected chi connectivity index (χ0v) is 17.9. The third-order valence-corrected chi connectivity index (χ3v) is 4.63. The molecule has 0 unspecified atom stereocenters. The van der Waals surface area contributed by atoms with Gasteiger partial charge in [0.05, 0.1) is 20.8 Å². The van der Waals surface area contributed by atoms with Crippen LogP contribution in [-0.4, -0.2) is 50.1 Å². The number of Topliss-reactive ketones (excluding diaryl/α,β-unsaturated/α-hetero) is 1. The predicted molar refractivity (Wildman–Crippen MR) is 109 cm³/mol. The number of carbonyl (C=O) groups is 3. The number of nitrogens with one attached hydrogen (secondary N) is 1. The number of ether oxygens (including phenoxy) is 4. The van der Waals surface area contributed by atoms with Gasteiger partial charge < -0.3 is 23.9 Å². The van der Waals surface area contributed by atoms with Gasteiger partial charge in [0.2, 0.25) is 5.78 Å². The maximum Gasteiger partial charge on any atom is 0.355 e. The van der Waals surface area contributed by atoms with Crippen molar-refractivity contribution in [2.45, 2.75) is 33.6 Å². The summed E-state index contributed by atoms with van der Waals surface area (Å²) in [4.78, 5) is 39.5. The number of methoxy groups -OCH3 is 2. The fourth-order valence-corrected chi connectivity index (χ4v) is 3.15. The van der Waals surface area contributed by atoms with Gasteiger partial charge in [-0.1, -0.05) is 6.07 Å². The van der Waals surface area contributed by atoms with Crippen molar-refractivity contribution >= 4 is 17.7 Å². The van der Waals surface area contributed by atoms with Gasteiger partial charge in [0.25, 0.3) is 0 Å². The second-order valence-electron chi connectivity index (χ2n) is 6.62. The van der Waals surface area contributed by atoms with Crippen LogP contribution in [0.3, 0.4) is 0 Å². The van der Waals surface area contributed by atoms with Crippen molar-refractivity contribution in [3.05, 3.63) is 46.3 Å². The standard InChI is InChI=1S/C22H27NO7/c1-6-29-22(26)21-13(2)20(14(3)23-21)16(24)12-30-19(25)10-8-15-7-9-17(27-4)18(11-15)28-5/h7,9,11,23H,6,8,10,12H2,1-5H3. The van der Waals surface area contributed by atoms with Gasteiger partial charge in [0.15, 0.2) is 18.1 Å². The molecule has 2 aromatic rings. The largest absolute Gasteiger partial charge is 0.493 e. The van der Waals surface area contributed by atoms with E-state index in [4.69, 9.17) is 18.9 Å². The highest BCUT2D eigenvalue weighted by Gasteiger charge is 2.23. The van der Waals surface area contributed by atoms with Crippen LogP contribution in [0.4, 0.5) is 0 Å². The van der Waals surface area contributed by atoms with Gasteiger partial charge in [0, 0.05) is 17.7 Å². The van der Waals surface area contributed by atoms with Crippen LogP contribution in [0, 0.1) is 13.8 Å². The fraction of sp³-hybridized carbons (Fsp3) is 0.409. The Balaban J connectivity index is 1.94. The minimum atomic E-state index is -0.524. The molecule has 0 aliphatic carbocycles. The van der Waals surface area contributed by atoms with Crippen molar-refractivity contribution in [1.82, 2.24) is 4.98 Å². The second kappa shape index (κ2) is 10.5. The van der Waals surface area contributed by atoms with Crippen LogP contribution in [0.1, 0.15) is 51.0 Å². The molecule has 0 aliphatic heterocycles. The summed E-state index contributed by atoms with van der Waals surface area (Å²) >= 11 is 0. The maximum absolute atomic E-state index is 12.5. The van der Waals surface area contributed by atoms with Gasteiger partial charge in [-0.15, -0.1) is 0 Å². The van der Waals surface area contributed by atoms with E-state index >= 15 is 0 Å². The molecule has 0 aliphatic rings. The van der Waals surface area contributed by atoms with Crippen molar-refractivity contribution in [3.63, 3.8) is 0 Å². The zero-order valence-electron chi connectivity index (χ0n) is 17.9. The summed E-state index contributed by atoms with van der Waals surface area (Å²) in [6, 6.07) is 5.39. The molecule has 1 N–H and O–H groups in total. The van der Waals surface area contributed by atoms with E-state index in [1.807, 2.05) is 6.07 Å². The first-order valence-electron chi connectivity index (χ1n) is 9.58. The van der Waals surface area contributed by atoms with E-state index in [2.05, 4.69) is 4.98 Å². The Hall–Kier alpha value is -3.29. The lowest BCUT2D eigenvalue weighted by Crippen LogP contribution is -2.16. The van der Waals surface area contributed by atoms with Crippen molar-refractivity contribution in [1.29, 1.82) is 0 Å². The third kappa shape index (κ3) is 5.40. The molecule has 8 nitrogen and oxygen atoms in total. The molecule has 0 saturated heterocycles. The quantitative estimate of drug-likeness (QED) is 0.468. The Bertz CT molecular complexity index is 930. The first-order chi connectivity index (χ1) is 14.3. The van der Waals surface area contributed by atoms with Gasteiger partial charge in [-0.05, 0) is 50.5 Å². The highest BCUT2D eigenvalue weighted by Crippen LogP contribution is 2.28. The molecular formula is C22H27NO7. The second-order valence-corrected chi connectivity index (χ2v) is 6.62. The highest BCUT2D eigenvalue weighted by atomic mass is 16.5. The van der Waals surface area contributed by atoms with Crippen molar-refractivity contribution in [2.75, 3.05) is 27.4 Å². The Labute approximate surface area is 175 Å². The van der Waals surface area contributed by atoms with Gasteiger partial charge in [-0.25, -0.2) is 4.79 Å². The van der Waals surface area contributed by atoms with Crippen LogP contribution >= 0.6 is 0 Å². The van der Waals surface area contributed by atoms with Crippen LogP contribution in [-0.2, 0) is 20.7 Å². The summed E-state index contributed by atoms with van der Waals surface area (Å²) in [7, 11) is 3.09. The SMILES string of the molecule is CCOC(=O)c1[nH]c(C)c(C(=O)COC(=O)CCc2ccc(OC)c(OC)c2)c1C. The molecule has 0 saturated carbocycles. The molecule has 0 spiro atoms. The smallest absolute Gasteiger partial charge is 0.355 e. The van der Waals surface area contributed by atoms with Crippen LogP contribution < -0.4 is 9.47 Å². The summed E-state index contributed by atoms with van der Waals surface area (Å²) in [5, 5.41) is 0. The van der Waals surface area contributed by atoms with Gasteiger partial charge >= 0.3 is 11.9 Å². The monoisotopic (exact) mass is 417 g/mol. The molecule has 30 heavy (non-hydrogen) atoms. The van der Waals surface area contributed by atoms with Gasteiger partial charge in [0.1, 0.15) is 5.69 Å². The number of aromatic amines is 1. The molecule has 1 aromatic heterocycles. The molecule has 0 atom stereocenters. The molecule has 1 aromatic carbocycles. The van der Waals surface area contributed by atoms with E-state index in [9.17, 15) is 14.4 Å². The Morgan fingerprint density at radius 1 is 1.00 bits per heavy atom. The van der Waals surface area contributed by atoms with Gasteiger partial charge in [-0.3, -0.25) is 9.59 Å². The molecule has 0 bridgehead atoms. The Morgan fingerprint density at radius 3 is 2.33 bits per heavy atom. The van der Waals surface area contributed by atoms with Gasteiger partial charge in [-0.2, -0.15) is 0 Å². The molecule has 162 valence electrons. The fourth-order valence-electron chi connectivity index (χ4n) is 3.15. The number of ketones is 1. The van der Waals surface area contributed by atoms with Crippen LogP contribution in [0.2, 0.25) is 0 Å². The lowest BCUT2D eigenvalue weighted by molar-refractivity contribution is -0.142. The number of hydrogen-bond acceptors (Lipinski definition) is 7. The topological polar surface area (TPSA) is 104 Å². The average Bonchev–Trinajstić information content (AvgIpc) is 3.04. The maximum atomic E-state index is 12.5. The van der Waals surface area contributed by atoms with E-state index in [0.29, 0.717) is 34.7 Å². The minimum absolute atomic E-state index is 0.113. The van der Waals surface area contributed by atoms with Crippen molar-refractivity contribution in [3.8, 4) is 11.5 Å². The van der Waals surface area contributed by atoms with E-state index < -0.39 is 18.5 Å². The number of benzene rings is 1. The molecule has 0 fully saturated rings. The Morgan fingerprint density at radius 2 is 1.70 bits per heavy atom. The number of aryl methyl sites for hydroxylation is 2. The van der Waals surface area contributed by atoms with Crippen LogP contribution in [0.5, 0.6) is 11.5 Å². The lowest BCUT2D eigenvalue weighted by Gasteiger charge is -2.09. The van der Waals surface area contributed by atoms with E-state index in [-0.39, 0.29) is 24.5 Å². The lowest BCUT2D eigenvalue weighted by atomic mass is 10.1. The predicted octanol–water partition coefficient (Wildman–Crippen LogP) is 3.18. The highest BCUT2D eigenvalue weighted by molar-refractivity contribution is 6.03. The Kier molecular flexibility index (Phi) is 8.03. The van der Waals surface area contributed by atoms with Crippen molar-refractivity contribution in [2.24, 2.45) is 0 Å². The summed E-state index contributed by atoms with van der Waals surface area (Å²) < 4.78 is 20.5. The van der Waals surface area contributed by atoms with E-state index in [0.717, 1.165) is 5.56 Å². The number of aromatic nitrogens is 1. The molecule has 2 rings (SSSR count). The van der Waals surface area contributed by atoms with Crippen molar-refractivity contribution < 1.29 is 33.3 Å². The summed E-state index contributed by atoms with van der Waals surface area (Å²) in [6.45, 7) is 4.88. The first-order valence-corrected chi connectivity index (χ1v) is 9.58. The minimum Gasteiger partial charge on any atom is -0.493 e. The third-order valence-electron chi connectivity index (χ3n) is 4.63. The summed E-state index contributed by atoms with van der Waals surface area (Å²) in [6.07, 6.45) is 0.546. The number of rotatable bonds is 10. The first kappa shape index (κ1) is 23.0. The average molecular weight is 417 g/mol. The number of H-pyrrole nitrogens is 1.